The fraction of sp³-hybridized carbons (Fsp3) is 0.522. The third-order valence-electron chi connectivity index (χ3n) is 4.83. The lowest BCUT2D eigenvalue weighted by atomic mass is 9.94. The number of aryl methyl sites for hydroxylation is 1. The Morgan fingerprint density at radius 3 is 2.43 bits per heavy atom. The van der Waals surface area contributed by atoms with E-state index in [0.29, 0.717) is 29.8 Å². The van der Waals surface area contributed by atoms with Crippen molar-refractivity contribution in [3.8, 4) is 5.75 Å². The lowest BCUT2D eigenvalue weighted by Gasteiger charge is -2.23. The van der Waals surface area contributed by atoms with Crippen molar-refractivity contribution in [1.82, 2.24) is 15.3 Å². The maximum Gasteiger partial charge on any atom is 0.361 e. The van der Waals surface area contributed by atoms with E-state index in [2.05, 4.69) is 15.3 Å². The molecule has 0 spiro atoms. The highest BCUT2D eigenvalue weighted by atomic mass is 35.5. The van der Waals surface area contributed by atoms with E-state index in [1.807, 2.05) is 58.0 Å². The quantitative estimate of drug-likeness (QED) is 0.685. The molecule has 164 valence electrons. The van der Waals surface area contributed by atoms with Crippen LogP contribution in [0.2, 0.25) is 0 Å². The number of nitrogens with one attached hydrogen (secondary N) is 1. The highest BCUT2D eigenvalue weighted by Crippen LogP contribution is 2.26. The van der Waals surface area contributed by atoms with Crippen LogP contribution in [0.25, 0.3) is 0 Å². The van der Waals surface area contributed by atoms with Crippen molar-refractivity contribution in [1.29, 1.82) is 0 Å². The molecule has 1 aliphatic rings. The molecule has 2 aromatic rings. The number of piperidine rings is 1. The Hall–Kier alpha value is -2.18. The number of halogens is 1. The molecular formula is C23H32ClN3O3. The summed E-state index contributed by atoms with van der Waals surface area (Å²) in [6, 6.07) is 9.83. The summed E-state index contributed by atoms with van der Waals surface area (Å²) in [7, 11) is 0. The number of esters is 1. The van der Waals surface area contributed by atoms with Gasteiger partial charge in [-0.15, -0.1) is 12.4 Å². The van der Waals surface area contributed by atoms with Crippen molar-refractivity contribution in [3.63, 3.8) is 0 Å². The third kappa shape index (κ3) is 6.96. The van der Waals surface area contributed by atoms with E-state index in [-0.39, 0.29) is 18.1 Å². The summed E-state index contributed by atoms with van der Waals surface area (Å²) in [5.74, 6) is 1.13. The second kappa shape index (κ2) is 10.7. The first-order chi connectivity index (χ1) is 13.8. The maximum absolute atomic E-state index is 12.9. The summed E-state index contributed by atoms with van der Waals surface area (Å²) in [4.78, 5) is 22.1. The zero-order chi connectivity index (χ0) is 20.9. The summed E-state index contributed by atoms with van der Waals surface area (Å²) < 4.78 is 11.6. The fourth-order valence-electron chi connectivity index (χ4n) is 3.42. The molecule has 1 saturated heterocycles. The summed E-state index contributed by atoms with van der Waals surface area (Å²) in [6.07, 6.45) is 2.95. The number of carbonyl (C=O) groups is 1. The second-order valence-electron chi connectivity index (χ2n) is 8.58. The lowest BCUT2D eigenvalue weighted by molar-refractivity contribution is 0.00572. The number of carbonyl (C=O) groups excluding carboxylic acids is 1. The number of ether oxygens (including phenoxy) is 2. The summed E-state index contributed by atoms with van der Waals surface area (Å²) >= 11 is 0. The van der Waals surface area contributed by atoms with Gasteiger partial charge in [-0.3, -0.25) is 0 Å². The lowest BCUT2D eigenvalue weighted by Crippen LogP contribution is -2.29. The van der Waals surface area contributed by atoms with Gasteiger partial charge < -0.3 is 14.8 Å². The van der Waals surface area contributed by atoms with Crippen LogP contribution in [0.4, 0.5) is 0 Å². The van der Waals surface area contributed by atoms with E-state index in [1.165, 1.54) is 0 Å². The Morgan fingerprint density at radius 1 is 1.13 bits per heavy atom. The first-order valence-corrected chi connectivity index (χ1v) is 10.3. The predicted octanol–water partition coefficient (Wildman–Crippen LogP) is 4.28. The minimum atomic E-state index is -0.609. The van der Waals surface area contributed by atoms with E-state index in [0.717, 1.165) is 37.9 Å². The van der Waals surface area contributed by atoms with Gasteiger partial charge in [0.25, 0.3) is 0 Å². The third-order valence-corrected chi connectivity index (χ3v) is 4.83. The first-order valence-electron chi connectivity index (χ1n) is 10.3. The molecule has 0 atom stereocenters. The van der Waals surface area contributed by atoms with E-state index in [9.17, 15) is 4.79 Å². The molecule has 0 aliphatic carbocycles. The highest BCUT2D eigenvalue weighted by molar-refractivity contribution is 5.90. The van der Waals surface area contributed by atoms with Crippen LogP contribution in [0.5, 0.6) is 5.75 Å². The number of benzene rings is 1. The highest BCUT2D eigenvalue weighted by Gasteiger charge is 2.26. The monoisotopic (exact) mass is 433 g/mol. The Bertz CT molecular complexity index is 832. The molecular weight excluding hydrogens is 402 g/mol. The van der Waals surface area contributed by atoms with Crippen LogP contribution in [-0.2, 0) is 17.8 Å². The summed E-state index contributed by atoms with van der Waals surface area (Å²) in [5, 5.41) is 3.37. The molecule has 0 radical (unpaired) electrons. The van der Waals surface area contributed by atoms with Crippen molar-refractivity contribution < 1.29 is 14.3 Å². The van der Waals surface area contributed by atoms with Gasteiger partial charge in [-0.25, -0.2) is 14.8 Å². The molecule has 1 aliphatic heterocycles. The average molecular weight is 434 g/mol. The van der Waals surface area contributed by atoms with Gasteiger partial charge in [-0.2, -0.15) is 0 Å². The van der Waals surface area contributed by atoms with E-state index < -0.39 is 11.6 Å². The van der Waals surface area contributed by atoms with Crippen LogP contribution >= 0.6 is 12.4 Å². The normalized spacial score (nSPS) is 14.7. The SMILES string of the molecule is Cc1nc(CC2CCNCC2)nc(C(=O)OC(C)(C)C)c1OCc1ccccc1.Cl. The standard InChI is InChI=1S/C23H31N3O3.ClH/c1-16-21(28-15-18-8-6-5-7-9-18)20(22(27)29-23(2,3)4)26-19(25-16)14-17-10-12-24-13-11-17;/h5-9,17,24H,10-15H2,1-4H3;1H. The van der Waals surface area contributed by atoms with Crippen molar-refractivity contribution in [2.24, 2.45) is 5.92 Å². The Kier molecular flexibility index (Phi) is 8.62. The molecule has 2 heterocycles. The van der Waals surface area contributed by atoms with Crippen molar-refractivity contribution >= 4 is 18.4 Å². The van der Waals surface area contributed by atoms with Crippen molar-refractivity contribution in [2.45, 2.75) is 59.2 Å². The number of hydrogen-bond donors (Lipinski definition) is 1. The molecule has 1 aromatic heterocycles. The number of hydrogen-bond acceptors (Lipinski definition) is 6. The van der Waals surface area contributed by atoms with Crippen LogP contribution in [0.1, 0.15) is 61.2 Å². The smallest absolute Gasteiger partial charge is 0.361 e. The number of aromatic nitrogens is 2. The zero-order valence-corrected chi connectivity index (χ0v) is 19.1. The van der Waals surface area contributed by atoms with Crippen molar-refractivity contribution in [3.05, 3.63) is 53.1 Å². The van der Waals surface area contributed by atoms with Gasteiger partial charge in [-0.05, 0) is 65.1 Å². The molecule has 1 aromatic carbocycles. The van der Waals surface area contributed by atoms with Gasteiger partial charge in [0, 0.05) is 6.42 Å². The molecule has 0 bridgehead atoms. The van der Waals surface area contributed by atoms with E-state index in [1.54, 1.807) is 0 Å². The van der Waals surface area contributed by atoms with Gasteiger partial charge >= 0.3 is 5.97 Å². The second-order valence-corrected chi connectivity index (χ2v) is 8.58. The van der Waals surface area contributed by atoms with Crippen LogP contribution < -0.4 is 10.1 Å². The summed E-state index contributed by atoms with van der Waals surface area (Å²) in [5.41, 5.74) is 1.29. The topological polar surface area (TPSA) is 73.3 Å². The fourth-order valence-corrected chi connectivity index (χ4v) is 3.42. The number of rotatable bonds is 6. The Labute approximate surface area is 185 Å². The van der Waals surface area contributed by atoms with Gasteiger partial charge in [0.1, 0.15) is 18.0 Å². The van der Waals surface area contributed by atoms with E-state index in [4.69, 9.17) is 9.47 Å². The summed E-state index contributed by atoms with van der Waals surface area (Å²) in [6.45, 7) is 9.77. The first kappa shape index (κ1) is 24.1. The molecule has 1 N–H and O–H groups in total. The molecule has 3 rings (SSSR count). The maximum atomic E-state index is 12.9. The zero-order valence-electron chi connectivity index (χ0n) is 18.2. The van der Waals surface area contributed by atoms with Crippen LogP contribution in [0.3, 0.4) is 0 Å². The number of nitrogens with zero attached hydrogens (tertiary/aromatic N) is 2. The Balaban J connectivity index is 0.00000320. The molecule has 0 amide bonds. The molecule has 0 unspecified atom stereocenters. The molecule has 30 heavy (non-hydrogen) atoms. The van der Waals surface area contributed by atoms with Gasteiger partial charge in [0.05, 0.1) is 5.69 Å². The average Bonchev–Trinajstić information content (AvgIpc) is 2.67. The Morgan fingerprint density at radius 2 is 1.80 bits per heavy atom. The molecule has 1 fully saturated rings. The van der Waals surface area contributed by atoms with Gasteiger partial charge in [0.2, 0.25) is 0 Å². The van der Waals surface area contributed by atoms with Crippen molar-refractivity contribution in [2.75, 3.05) is 13.1 Å². The molecule has 7 heteroatoms. The minimum absolute atomic E-state index is 0. The molecule has 6 nitrogen and oxygen atoms in total. The van der Waals surface area contributed by atoms with Crippen LogP contribution in [-0.4, -0.2) is 34.6 Å². The minimum Gasteiger partial charge on any atom is -0.484 e. The van der Waals surface area contributed by atoms with Gasteiger partial charge in [0.15, 0.2) is 11.4 Å². The van der Waals surface area contributed by atoms with Crippen LogP contribution in [0.15, 0.2) is 30.3 Å². The van der Waals surface area contributed by atoms with Gasteiger partial charge in [-0.1, -0.05) is 30.3 Å². The van der Waals surface area contributed by atoms with Crippen LogP contribution in [0, 0.1) is 12.8 Å². The predicted molar refractivity (Wildman–Crippen MR) is 119 cm³/mol. The largest absolute Gasteiger partial charge is 0.484 e. The van der Waals surface area contributed by atoms with E-state index >= 15 is 0 Å². The molecule has 0 saturated carbocycles.